The van der Waals surface area contributed by atoms with E-state index in [9.17, 15) is 14.2 Å². The second-order valence-corrected chi connectivity index (χ2v) is 4.31. The highest BCUT2D eigenvalue weighted by atomic mass is 31.1. The molecule has 0 heterocycles. The molecule has 0 aliphatic heterocycles. The van der Waals surface area contributed by atoms with Gasteiger partial charge in [0.15, 0.2) is 24.8 Å². The Balaban J connectivity index is 3.59. The zero-order chi connectivity index (χ0) is 12.4. The maximum atomic E-state index is 11.1. The van der Waals surface area contributed by atoms with Gasteiger partial charge < -0.3 is 0 Å². The fourth-order valence-electron chi connectivity index (χ4n) is 0.989. The predicted octanol–water partition coefficient (Wildman–Crippen LogP) is 2.42. The quantitative estimate of drug-likeness (QED) is 0.556. The van der Waals surface area contributed by atoms with Crippen molar-refractivity contribution < 1.29 is 23.2 Å². The molecule has 0 aromatic heterocycles. The number of rotatable bonds is 10. The van der Waals surface area contributed by atoms with E-state index in [1.54, 1.807) is 0 Å². The second-order valence-electron chi connectivity index (χ2n) is 3.35. The van der Waals surface area contributed by atoms with Gasteiger partial charge in [0.2, 0.25) is 0 Å². The lowest BCUT2D eigenvalue weighted by atomic mass is 10.2. The summed E-state index contributed by atoms with van der Waals surface area (Å²) in [5.41, 5.74) is 0. The molecule has 0 rings (SSSR count). The number of ketones is 2. The van der Waals surface area contributed by atoms with Crippen LogP contribution in [-0.2, 0) is 23.2 Å². The Morgan fingerprint density at radius 2 is 1.31 bits per heavy atom. The van der Waals surface area contributed by atoms with Crippen LogP contribution in [0, 0.1) is 0 Å². The standard InChI is InChI=1S/C10H18O5P/c1-3-5-9(11)7-14-16(13)15-8-10(12)6-4-2/h3-8H2,1-2H3/q+1. The molecule has 0 amide bonds. The van der Waals surface area contributed by atoms with Gasteiger partial charge in [0.05, 0.1) is 0 Å². The monoisotopic (exact) mass is 249 g/mol. The van der Waals surface area contributed by atoms with Crippen LogP contribution in [0.25, 0.3) is 0 Å². The van der Waals surface area contributed by atoms with Gasteiger partial charge >= 0.3 is 8.25 Å². The van der Waals surface area contributed by atoms with Crippen molar-refractivity contribution in [3.8, 4) is 0 Å². The highest BCUT2D eigenvalue weighted by Crippen LogP contribution is 2.23. The number of hydrogen-bond acceptors (Lipinski definition) is 5. The van der Waals surface area contributed by atoms with Crippen LogP contribution in [-0.4, -0.2) is 24.8 Å². The molecule has 0 aromatic carbocycles. The summed E-state index contributed by atoms with van der Waals surface area (Å²) in [4.78, 5) is 22.0. The van der Waals surface area contributed by atoms with Gasteiger partial charge in [-0.3, -0.25) is 9.59 Å². The molecular formula is C10H18O5P+. The zero-order valence-electron chi connectivity index (χ0n) is 9.73. The number of Topliss-reactive ketones (excluding diaryl/α,β-unsaturated/α-hetero) is 2. The van der Waals surface area contributed by atoms with Crippen LogP contribution in [0.4, 0.5) is 0 Å². The Hall–Kier alpha value is -0.640. The Morgan fingerprint density at radius 3 is 1.62 bits per heavy atom. The van der Waals surface area contributed by atoms with E-state index in [4.69, 9.17) is 0 Å². The Kier molecular flexibility index (Phi) is 9.19. The van der Waals surface area contributed by atoms with Gasteiger partial charge in [0.1, 0.15) is 0 Å². The van der Waals surface area contributed by atoms with Crippen LogP contribution < -0.4 is 0 Å². The second kappa shape index (κ2) is 9.58. The summed E-state index contributed by atoms with van der Waals surface area (Å²) >= 11 is 0. The van der Waals surface area contributed by atoms with Crippen molar-refractivity contribution in [2.45, 2.75) is 39.5 Å². The SMILES string of the molecule is CCCC(=O)CO[P+](=O)OCC(=O)CCC. The zero-order valence-corrected chi connectivity index (χ0v) is 10.6. The van der Waals surface area contributed by atoms with Crippen LogP contribution in [0.3, 0.4) is 0 Å². The van der Waals surface area contributed by atoms with Gasteiger partial charge in [0, 0.05) is 17.4 Å². The van der Waals surface area contributed by atoms with Gasteiger partial charge in [0.25, 0.3) is 0 Å². The minimum atomic E-state index is -2.36. The molecule has 0 saturated carbocycles. The Labute approximate surface area is 96.5 Å². The van der Waals surface area contributed by atoms with E-state index in [1.807, 2.05) is 13.8 Å². The number of carbonyl (C=O) groups is 2. The molecule has 0 atom stereocenters. The molecule has 92 valence electrons. The molecule has 5 nitrogen and oxygen atoms in total. The van der Waals surface area contributed by atoms with E-state index in [0.29, 0.717) is 12.8 Å². The van der Waals surface area contributed by atoms with Crippen LogP contribution >= 0.6 is 8.25 Å². The van der Waals surface area contributed by atoms with Gasteiger partial charge in [-0.2, -0.15) is 0 Å². The van der Waals surface area contributed by atoms with E-state index >= 15 is 0 Å². The molecule has 6 heteroatoms. The predicted molar refractivity (Wildman–Crippen MR) is 59.3 cm³/mol. The van der Waals surface area contributed by atoms with Crippen LogP contribution in [0.15, 0.2) is 0 Å². The summed E-state index contributed by atoms with van der Waals surface area (Å²) in [6.45, 7) is 3.31. The highest BCUT2D eigenvalue weighted by molar-refractivity contribution is 7.33. The summed E-state index contributed by atoms with van der Waals surface area (Å²) in [7, 11) is -2.36. The largest absolute Gasteiger partial charge is 0.698 e. The lowest BCUT2D eigenvalue weighted by Gasteiger charge is -1.93. The first-order chi connectivity index (χ1) is 7.60. The molecular weight excluding hydrogens is 231 g/mol. The third-order valence-corrected chi connectivity index (χ3v) is 2.40. The Bertz CT molecular complexity index is 228. The minimum absolute atomic E-state index is 0.116. The minimum Gasteiger partial charge on any atom is -0.297 e. The van der Waals surface area contributed by atoms with Crippen molar-refractivity contribution in [2.24, 2.45) is 0 Å². The van der Waals surface area contributed by atoms with Crippen molar-refractivity contribution in [3.63, 3.8) is 0 Å². The smallest absolute Gasteiger partial charge is 0.297 e. The van der Waals surface area contributed by atoms with Gasteiger partial charge in [-0.1, -0.05) is 13.8 Å². The molecule has 0 spiro atoms. The van der Waals surface area contributed by atoms with Crippen molar-refractivity contribution in [1.29, 1.82) is 0 Å². The van der Waals surface area contributed by atoms with E-state index in [0.717, 1.165) is 12.8 Å². The lowest BCUT2D eigenvalue weighted by Crippen LogP contribution is -2.07. The molecule has 0 aromatic rings. The molecule has 0 fully saturated rings. The van der Waals surface area contributed by atoms with E-state index in [2.05, 4.69) is 9.05 Å². The van der Waals surface area contributed by atoms with Crippen molar-refractivity contribution in [1.82, 2.24) is 0 Å². The average Bonchev–Trinajstić information content (AvgIpc) is 2.24. The van der Waals surface area contributed by atoms with E-state index in [-0.39, 0.29) is 24.8 Å². The van der Waals surface area contributed by atoms with Crippen LogP contribution in [0.2, 0.25) is 0 Å². The van der Waals surface area contributed by atoms with Crippen LogP contribution in [0.5, 0.6) is 0 Å². The summed E-state index contributed by atoms with van der Waals surface area (Å²) in [6, 6.07) is 0. The first-order valence-corrected chi connectivity index (χ1v) is 6.46. The van der Waals surface area contributed by atoms with Crippen LogP contribution in [0.1, 0.15) is 39.5 Å². The summed E-state index contributed by atoms with van der Waals surface area (Å²) in [6.07, 6.45) is 2.26. The van der Waals surface area contributed by atoms with E-state index < -0.39 is 8.25 Å². The normalized spacial score (nSPS) is 10.1. The molecule has 0 unspecified atom stereocenters. The van der Waals surface area contributed by atoms with Gasteiger partial charge in [-0.25, -0.2) is 0 Å². The third kappa shape index (κ3) is 8.65. The lowest BCUT2D eigenvalue weighted by molar-refractivity contribution is -0.121. The maximum Gasteiger partial charge on any atom is 0.698 e. The molecule has 16 heavy (non-hydrogen) atoms. The molecule has 0 radical (unpaired) electrons. The average molecular weight is 249 g/mol. The molecule has 0 aliphatic carbocycles. The fraction of sp³-hybridized carbons (Fsp3) is 0.800. The van der Waals surface area contributed by atoms with E-state index in [1.165, 1.54) is 0 Å². The third-order valence-electron chi connectivity index (χ3n) is 1.72. The Morgan fingerprint density at radius 1 is 0.938 bits per heavy atom. The summed E-state index contributed by atoms with van der Waals surface area (Å²) in [5, 5.41) is 0. The van der Waals surface area contributed by atoms with Crippen molar-refractivity contribution in [2.75, 3.05) is 13.2 Å². The van der Waals surface area contributed by atoms with Gasteiger partial charge in [-0.15, -0.1) is 9.05 Å². The molecule has 0 bridgehead atoms. The van der Waals surface area contributed by atoms with Crippen molar-refractivity contribution in [3.05, 3.63) is 0 Å². The topological polar surface area (TPSA) is 69.7 Å². The first-order valence-electron chi connectivity index (χ1n) is 5.36. The van der Waals surface area contributed by atoms with Crippen molar-refractivity contribution >= 4 is 19.8 Å². The summed E-state index contributed by atoms with van der Waals surface area (Å²) < 4.78 is 20.4. The number of carbonyl (C=O) groups excluding carboxylic acids is 2. The molecule has 0 aliphatic rings. The van der Waals surface area contributed by atoms with Gasteiger partial charge in [-0.05, 0) is 12.8 Å². The number of hydrogen-bond donors (Lipinski definition) is 0. The fourth-order valence-corrected chi connectivity index (χ4v) is 1.56. The first kappa shape index (κ1) is 15.4. The summed E-state index contributed by atoms with van der Waals surface area (Å²) in [5.74, 6) is -0.233. The molecule has 0 N–H and O–H groups in total. The maximum absolute atomic E-state index is 11.1. The highest BCUT2D eigenvalue weighted by Gasteiger charge is 2.23. The molecule has 0 saturated heterocycles.